The standard InChI is InChI=1S/C19H33N3O3.2C2HF3O2/c23-19-2-1-17-18(22(19)8-7-20-9-13-25-14-10-20)3-6-21(17)15-16-4-11-24-12-5-16;2*3-2(4,5)1(6)7/h16-18H,1-15H2;2*(H,6,7)/t17-,18-;;/m1../s1. The summed E-state index contributed by atoms with van der Waals surface area (Å²) in [6.07, 6.45) is -4.82. The lowest BCUT2D eigenvalue weighted by atomic mass is 9.94. The van der Waals surface area contributed by atoms with E-state index in [1.54, 1.807) is 0 Å². The number of rotatable bonds is 5. The van der Waals surface area contributed by atoms with Crippen molar-refractivity contribution in [3.05, 3.63) is 0 Å². The molecule has 0 spiro atoms. The predicted octanol–water partition coefficient (Wildman–Crippen LogP) is 2.08. The third kappa shape index (κ3) is 11.1. The first-order valence-corrected chi connectivity index (χ1v) is 12.7. The van der Waals surface area contributed by atoms with Gasteiger partial charge in [0.15, 0.2) is 0 Å². The van der Waals surface area contributed by atoms with E-state index >= 15 is 0 Å². The van der Waals surface area contributed by atoms with E-state index in [1.807, 2.05) is 0 Å². The largest absolute Gasteiger partial charge is 0.490 e. The van der Waals surface area contributed by atoms with Crippen molar-refractivity contribution in [2.24, 2.45) is 5.92 Å². The van der Waals surface area contributed by atoms with Crippen molar-refractivity contribution < 1.29 is 60.4 Å². The number of hydrogen-bond acceptors (Lipinski definition) is 7. The first-order chi connectivity index (χ1) is 18.2. The summed E-state index contributed by atoms with van der Waals surface area (Å²) in [6, 6.07) is 1.03. The fourth-order valence-corrected chi connectivity index (χ4v) is 5.09. The Hall–Kier alpha value is -2.17. The number of aliphatic carboxylic acids is 2. The molecule has 4 aliphatic rings. The van der Waals surface area contributed by atoms with Crippen LogP contribution < -0.4 is 0 Å². The molecule has 0 aromatic carbocycles. The molecule has 0 aromatic rings. The maximum Gasteiger partial charge on any atom is 0.490 e. The van der Waals surface area contributed by atoms with Crippen molar-refractivity contribution in [3.8, 4) is 0 Å². The SMILES string of the molecule is O=C(O)C(F)(F)F.O=C(O)C(F)(F)F.O=C1CC[C@@H]2[C@@H](CCN2CC2CCOCC2)N1CCN1CCOCC1. The molecular weight excluding hydrogens is 544 g/mol. The van der Waals surface area contributed by atoms with E-state index in [4.69, 9.17) is 29.3 Å². The Balaban J connectivity index is 0.000000317. The molecule has 0 aromatic heterocycles. The number of amides is 1. The second kappa shape index (κ2) is 15.0. The van der Waals surface area contributed by atoms with Gasteiger partial charge in [-0.25, -0.2) is 9.59 Å². The first kappa shape index (κ1) is 33.0. The zero-order valence-corrected chi connectivity index (χ0v) is 21.4. The molecule has 0 saturated carbocycles. The van der Waals surface area contributed by atoms with Crippen LogP contribution in [-0.4, -0.2) is 133 Å². The third-order valence-corrected chi connectivity index (χ3v) is 7.08. The number of fused-ring (bicyclic) bond motifs is 1. The average Bonchev–Trinajstić information content (AvgIpc) is 3.27. The predicted molar refractivity (Wildman–Crippen MR) is 123 cm³/mol. The van der Waals surface area contributed by atoms with Crippen LogP contribution in [0.15, 0.2) is 0 Å². The molecule has 4 rings (SSSR count). The number of halogens is 6. The zero-order valence-electron chi connectivity index (χ0n) is 21.4. The summed E-state index contributed by atoms with van der Waals surface area (Å²) in [6.45, 7) is 9.79. The number of hydrogen-bond donors (Lipinski definition) is 2. The normalized spacial score (nSPS) is 25.2. The molecule has 226 valence electrons. The molecule has 0 radical (unpaired) electrons. The average molecular weight is 580 g/mol. The molecule has 39 heavy (non-hydrogen) atoms. The lowest BCUT2D eigenvalue weighted by Gasteiger charge is -2.41. The number of ether oxygens (including phenoxy) is 2. The van der Waals surface area contributed by atoms with Crippen molar-refractivity contribution in [2.75, 3.05) is 65.7 Å². The van der Waals surface area contributed by atoms with E-state index < -0.39 is 24.3 Å². The number of piperidine rings is 1. The summed E-state index contributed by atoms with van der Waals surface area (Å²) in [5.41, 5.74) is 0. The summed E-state index contributed by atoms with van der Waals surface area (Å²) in [5, 5.41) is 14.2. The van der Waals surface area contributed by atoms with Crippen molar-refractivity contribution in [1.29, 1.82) is 0 Å². The van der Waals surface area contributed by atoms with Gasteiger partial charge in [-0.15, -0.1) is 0 Å². The van der Waals surface area contributed by atoms with E-state index in [0.717, 1.165) is 84.3 Å². The molecule has 0 aliphatic carbocycles. The fourth-order valence-electron chi connectivity index (χ4n) is 5.09. The van der Waals surface area contributed by atoms with Crippen LogP contribution in [0.5, 0.6) is 0 Å². The molecule has 4 saturated heterocycles. The maximum atomic E-state index is 12.6. The molecule has 16 heteroatoms. The highest BCUT2D eigenvalue weighted by Crippen LogP contribution is 2.33. The summed E-state index contributed by atoms with van der Waals surface area (Å²) in [4.78, 5) is 37.7. The van der Waals surface area contributed by atoms with Crippen LogP contribution in [0.3, 0.4) is 0 Å². The highest BCUT2D eigenvalue weighted by Gasteiger charge is 2.43. The van der Waals surface area contributed by atoms with Gasteiger partial charge in [-0.2, -0.15) is 26.3 Å². The monoisotopic (exact) mass is 579 g/mol. The quantitative estimate of drug-likeness (QED) is 0.472. The molecule has 4 heterocycles. The molecule has 0 bridgehead atoms. The number of morpholine rings is 1. The van der Waals surface area contributed by atoms with Gasteiger partial charge in [-0.1, -0.05) is 0 Å². The van der Waals surface area contributed by atoms with Gasteiger partial charge < -0.3 is 24.6 Å². The molecule has 10 nitrogen and oxygen atoms in total. The van der Waals surface area contributed by atoms with Gasteiger partial charge in [-0.05, 0) is 31.6 Å². The molecule has 4 aliphatic heterocycles. The second-order valence-electron chi connectivity index (χ2n) is 9.66. The Morgan fingerprint density at radius 3 is 1.79 bits per heavy atom. The van der Waals surface area contributed by atoms with E-state index in [-0.39, 0.29) is 0 Å². The third-order valence-electron chi connectivity index (χ3n) is 7.08. The van der Waals surface area contributed by atoms with Crippen molar-refractivity contribution in [1.82, 2.24) is 14.7 Å². The Bertz CT molecular complexity index is 778. The molecule has 2 atom stereocenters. The lowest BCUT2D eigenvalue weighted by Crippen LogP contribution is -2.55. The highest BCUT2D eigenvalue weighted by molar-refractivity contribution is 5.77. The van der Waals surface area contributed by atoms with E-state index in [2.05, 4.69) is 14.7 Å². The number of carboxylic acids is 2. The van der Waals surface area contributed by atoms with Crippen LogP contribution in [-0.2, 0) is 23.9 Å². The molecule has 4 fully saturated rings. The lowest BCUT2D eigenvalue weighted by molar-refractivity contribution is -0.193. The van der Waals surface area contributed by atoms with Crippen LogP contribution in [0, 0.1) is 5.92 Å². The number of carboxylic acid groups (broad SMARTS) is 2. The van der Waals surface area contributed by atoms with Crippen LogP contribution >= 0.6 is 0 Å². The minimum atomic E-state index is -5.08. The van der Waals surface area contributed by atoms with E-state index in [1.165, 1.54) is 19.4 Å². The molecular formula is C23H35F6N3O7. The second-order valence-corrected chi connectivity index (χ2v) is 9.66. The summed E-state index contributed by atoms with van der Waals surface area (Å²) >= 11 is 0. The summed E-state index contributed by atoms with van der Waals surface area (Å²) < 4.78 is 74.4. The maximum absolute atomic E-state index is 12.6. The Morgan fingerprint density at radius 2 is 1.28 bits per heavy atom. The van der Waals surface area contributed by atoms with Crippen molar-refractivity contribution in [2.45, 2.75) is 56.5 Å². The van der Waals surface area contributed by atoms with Gasteiger partial charge in [0, 0.05) is 71.0 Å². The Labute approximate surface area is 221 Å². The van der Waals surface area contributed by atoms with Gasteiger partial charge in [-0.3, -0.25) is 14.6 Å². The smallest absolute Gasteiger partial charge is 0.475 e. The van der Waals surface area contributed by atoms with Crippen molar-refractivity contribution in [3.63, 3.8) is 0 Å². The van der Waals surface area contributed by atoms with Gasteiger partial charge in [0.25, 0.3) is 0 Å². The molecule has 0 unspecified atom stereocenters. The number of alkyl halides is 6. The summed E-state index contributed by atoms with van der Waals surface area (Å²) in [7, 11) is 0. The fraction of sp³-hybridized carbons (Fsp3) is 0.870. The Morgan fingerprint density at radius 1 is 0.769 bits per heavy atom. The zero-order chi connectivity index (χ0) is 29.2. The van der Waals surface area contributed by atoms with Crippen LogP contribution in [0.1, 0.15) is 32.1 Å². The number of nitrogens with zero attached hydrogens (tertiary/aromatic N) is 3. The van der Waals surface area contributed by atoms with Crippen LogP contribution in [0.4, 0.5) is 26.3 Å². The van der Waals surface area contributed by atoms with Gasteiger partial charge >= 0.3 is 24.3 Å². The molecule has 2 N–H and O–H groups in total. The highest BCUT2D eigenvalue weighted by atomic mass is 19.4. The molecule has 1 amide bonds. The summed E-state index contributed by atoms with van der Waals surface area (Å²) in [5.74, 6) is -4.35. The van der Waals surface area contributed by atoms with E-state index in [9.17, 15) is 31.1 Å². The number of likely N-dealkylation sites (tertiary alicyclic amines) is 2. The van der Waals surface area contributed by atoms with E-state index in [0.29, 0.717) is 18.0 Å². The van der Waals surface area contributed by atoms with Gasteiger partial charge in [0.2, 0.25) is 5.91 Å². The number of carbonyl (C=O) groups excluding carboxylic acids is 1. The topological polar surface area (TPSA) is 120 Å². The van der Waals surface area contributed by atoms with Crippen molar-refractivity contribution >= 4 is 17.8 Å². The first-order valence-electron chi connectivity index (χ1n) is 12.7. The number of carbonyl (C=O) groups is 3. The minimum Gasteiger partial charge on any atom is -0.475 e. The van der Waals surface area contributed by atoms with Gasteiger partial charge in [0.1, 0.15) is 0 Å². The van der Waals surface area contributed by atoms with Crippen LogP contribution in [0.2, 0.25) is 0 Å². The van der Waals surface area contributed by atoms with Crippen LogP contribution in [0.25, 0.3) is 0 Å². The minimum absolute atomic E-state index is 0.377. The Kier molecular flexibility index (Phi) is 12.7. The van der Waals surface area contributed by atoms with Gasteiger partial charge in [0.05, 0.1) is 13.2 Å².